The Bertz CT molecular complexity index is 1340. The Labute approximate surface area is 178 Å². The summed E-state index contributed by atoms with van der Waals surface area (Å²) in [6, 6.07) is 21.4. The van der Waals surface area contributed by atoms with Gasteiger partial charge in [-0.05, 0) is 53.9 Å². The van der Waals surface area contributed by atoms with Gasteiger partial charge in [-0.15, -0.1) is 0 Å². The van der Waals surface area contributed by atoms with Crippen molar-refractivity contribution in [2.24, 2.45) is 0 Å². The second-order valence-electron chi connectivity index (χ2n) is 7.32. The molecule has 1 amide bonds. The molecular weight excluding hydrogens is 398 g/mol. The maximum atomic E-state index is 13.5. The highest BCUT2D eigenvalue weighted by molar-refractivity contribution is 6.30. The van der Waals surface area contributed by atoms with E-state index in [-0.39, 0.29) is 17.1 Å². The van der Waals surface area contributed by atoms with Crippen LogP contribution in [0.2, 0.25) is 5.02 Å². The molecule has 1 atom stereocenters. The van der Waals surface area contributed by atoms with Gasteiger partial charge in [-0.1, -0.05) is 54.9 Å². The highest BCUT2D eigenvalue weighted by Gasteiger charge is 2.43. The van der Waals surface area contributed by atoms with Gasteiger partial charge in [-0.3, -0.25) is 14.5 Å². The van der Waals surface area contributed by atoms with Gasteiger partial charge in [-0.25, -0.2) is 0 Å². The van der Waals surface area contributed by atoms with E-state index in [9.17, 15) is 9.59 Å². The number of carbonyl (C=O) groups is 1. The van der Waals surface area contributed by atoms with Gasteiger partial charge in [0.25, 0.3) is 5.91 Å². The van der Waals surface area contributed by atoms with Crippen LogP contribution in [0.3, 0.4) is 0 Å². The number of para-hydroxylation sites is 1. The third-order valence-electron chi connectivity index (χ3n) is 5.56. The summed E-state index contributed by atoms with van der Waals surface area (Å²) in [5, 5.41) is 0.999. The molecule has 1 aliphatic heterocycles. The number of amides is 1. The lowest BCUT2D eigenvalue weighted by molar-refractivity contribution is 0.0971. The van der Waals surface area contributed by atoms with Gasteiger partial charge in [0, 0.05) is 10.7 Å². The zero-order valence-electron chi connectivity index (χ0n) is 16.3. The van der Waals surface area contributed by atoms with Gasteiger partial charge < -0.3 is 4.42 Å². The lowest BCUT2D eigenvalue weighted by atomic mass is 9.98. The molecule has 4 aromatic rings. The van der Waals surface area contributed by atoms with Crippen molar-refractivity contribution in [2.75, 3.05) is 4.90 Å². The molecule has 1 aromatic heterocycles. The minimum absolute atomic E-state index is 0.0863. The predicted octanol–water partition coefficient (Wildman–Crippen LogP) is 5.76. The zero-order chi connectivity index (χ0) is 20.8. The summed E-state index contributed by atoms with van der Waals surface area (Å²) in [6.45, 7) is 2.08. The van der Waals surface area contributed by atoms with Crippen LogP contribution >= 0.6 is 11.6 Å². The van der Waals surface area contributed by atoms with Crippen LogP contribution in [0.5, 0.6) is 0 Å². The number of carbonyl (C=O) groups excluding carboxylic acids is 1. The fraction of sp³-hybridized carbons (Fsp3) is 0.120. The molecule has 0 spiro atoms. The maximum absolute atomic E-state index is 13.5. The molecule has 1 aliphatic rings. The first-order valence-electron chi connectivity index (χ1n) is 9.82. The number of hydrogen-bond acceptors (Lipinski definition) is 3. The minimum atomic E-state index is -0.612. The maximum Gasteiger partial charge on any atom is 0.295 e. The number of hydrogen-bond donors (Lipinski definition) is 0. The minimum Gasteiger partial charge on any atom is -0.450 e. The van der Waals surface area contributed by atoms with E-state index < -0.39 is 6.04 Å². The highest BCUT2D eigenvalue weighted by Crippen LogP contribution is 2.41. The van der Waals surface area contributed by atoms with Gasteiger partial charge in [0.05, 0.1) is 17.0 Å². The van der Waals surface area contributed by atoms with Crippen LogP contribution in [0.15, 0.2) is 82.0 Å². The van der Waals surface area contributed by atoms with E-state index in [1.807, 2.05) is 36.4 Å². The molecule has 30 heavy (non-hydrogen) atoms. The number of halogens is 1. The summed E-state index contributed by atoms with van der Waals surface area (Å²) in [4.78, 5) is 28.5. The molecule has 4 nitrogen and oxygen atoms in total. The van der Waals surface area contributed by atoms with E-state index in [4.69, 9.17) is 16.0 Å². The molecular formula is C25H18ClNO3. The third-order valence-corrected chi connectivity index (χ3v) is 5.80. The molecule has 0 saturated carbocycles. The molecule has 0 radical (unpaired) electrons. The quantitative estimate of drug-likeness (QED) is 0.427. The van der Waals surface area contributed by atoms with E-state index in [2.05, 4.69) is 6.92 Å². The lowest BCUT2D eigenvalue weighted by Crippen LogP contribution is -2.29. The van der Waals surface area contributed by atoms with Gasteiger partial charge in [-0.2, -0.15) is 0 Å². The van der Waals surface area contributed by atoms with E-state index >= 15 is 0 Å². The van der Waals surface area contributed by atoms with Crippen molar-refractivity contribution >= 4 is 34.2 Å². The van der Waals surface area contributed by atoms with Gasteiger partial charge >= 0.3 is 0 Å². The van der Waals surface area contributed by atoms with Crippen molar-refractivity contribution < 1.29 is 9.21 Å². The van der Waals surface area contributed by atoms with E-state index in [1.165, 1.54) is 5.56 Å². The summed E-state index contributed by atoms with van der Waals surface area (Å²) < 4.78 is 5.95. The molecule has 0 fully saturated rings. The first kappa shape index (κ1) is 18.6. The normalized spacial score (nSPS) is 15.6. The number of aryl methyl sites for hydroxylation is 1. The predicted molar refractivity (Wildman–Crippen MR) is 118 cm³/mol. The standard InChI is InChI=1S/C25H18ClNO3/c1-2-15-10-12-18(13-11-15)27-22(16-6-5-7-17(26)14-16)21-23(28)19-8-3-4-9-20(19)30-24(21)25(27)29/h3-14,22H,2H2,1H3. The molecule has 148 valence electrons. The Morgan fingerprint density at radius 1 is 0.967 bits per heavy atom. The van der Waals surface area contributed by atoms with Crippen molar-refractivity contribution in [3.05, 3.63) is 110 Å². The first-order chi connectivity index (χ1) is 14.6. The van der Waals surface area contributed by atoms with Crippen LogP contribution in [0.1, 0.15) is 40.2 Å². The second-order valence-corrected chi connectivity index (χ2v) is 7.76. The lowest BCUT2D eigenvalue weighted by Gasteiger charge is -2.25. The van der Waals surface area contributed by atoms with Crippen molar-refractivity contribution in [3.8, 4) is 0 Å². The molecule has 0 saturated heterocycles. The Morgan fingerprint density at radius 2 is 1.73 bits per heavy atom. The summed E-state index contributed by atoms with van der Waals surface area (Å²) in [5.41, 5.74) is 3.19. The van der Waals surface area contributed by atoms with Gasteiger partial charge in [0.2, 0.25) is 5.76 Å². The summed E-state index contributed by atoms with van der Waals surface area (Å²) in [6.07, 6.45) is 0.900. The van der Waals surface area contributed by atoms with Gasteiger partial charge in [0.1, 0.15) is 5.58 Å². The van der Waals surface area contributed by atoms with E-state index in [1.54, 1.807) is 41.3 Å². The van der Waals surface area contributed by atoms with Crippen LogP contribution in [0.4, 0.5) is 5.69 Å². The number of benzene rings is 3. The fourth-order valence-electron chi connectivity index (χ4n) is 4.07. The average molecular weight is 416 g/mol. The van der Waals surface area contributed by atoms with Crippen LogP contribution in [0.25, 0.3) is 11.0 Å². The second kappa shape index (κ2) is 7.15. The molecule has 3 aromatic carbocycles. The van der Waals surface area contributed by atoms with Crippen molar-refractivity contribution in [1.82, 2.24) is 0 Å². The van der Waals surface area contributed by atoms with Crippen LogP contribution < -0.4 is 10.3 Å². The van der Waals surface area contributed by atoms with Crippen LogP contribution in [-0.4, -0.2) is 5.91 Å². The number of anilines is 1. The topological polar surface area (TPSA) is 50.5 Å². The van der Waals surface area contributed by atoms with Gasteiger partial charge in [0.15, 0.2) is 5.43 Å². The number of fused-ring (bicyclic) bond motifs is 2. The molecule has 2 heterocycles. The number of nitrogens with zero attached hydrogens (tertiary/aromatic N) is 1. The van der Waals surface area contributed by atoms with E-state index in [0.29, 0.717) is 27.2 Å². The molecule has 0 N–H and O–H groups in total. The monoisotopic (exact) mass is 415 g/mol. The Morgan fingerprint density at radius 3 is 2.47 bits per heavy atom. The van der Waals surface area contributed by atoms with Crippen molar-refractivity contribution in [2.45, 2.75) is 19.4 Å². The smallest absolute Gasteiger partial charge is 0.295 e. The summed E-state index contributed by atoms with van der Waals surface area (Å²) >= 11 is 6.25. The molecule has 5 rings (SSSR count). The highest BCUT2D eigenvalue weighted by atomic mass is 35.5. The first-order valence-corrected chi connectivity index (χ1v) is 10.2. The summed E-state index contributed by atoms with van der Waals surface area (Å²) in [5.74, 6) is -0.245. The number of rotatable bonds is 3. The Balaban J connectivity index is 1.79. The Hall–Kier alpha value is -3.37. The van der Waals surface area contributed by atoms with Crippen LogP contribution in [-0.2, 0) is 6.42 Å². The van der Waals surface area contributed by atoms with Crippen molar-refractivity contribution in [1.29, 1.82) is 0 Å². The molecule has 0 aliphatic carbocycles. The molecule has 5 heteroatoms. The molecule has 0 bridgehead atoms. The summed E-state index contributed by atoms with van der Waals surface area (Å²) in [7, 11) is 0. The van der Waals surface area contributed by atoms with E-state index in [0.717, 1.165) is 12.0 Å². The largest absolute Gasteiger partial charge is 0.450 e. The molecule has 1 unspecified atom stereocenters. The third kappa shape index (κ3) is 2.84. The fourth-order valence-corrected chi connectivity index (χ4v) is 4.27. The SMILES string of the molecule is CCc1ccc(N2C(=O)c3oc4ccccc4c(=O)c3C2c2cccc(Cl)c2)cc1. The average Bonchev–Trinajstić information content (AvgIpc) is 3.07. The zero-order valence-corrected chi connectivity index (χ0v) is 17.0. The van der Waals surface area contributed by atoms with Crippen molar-refractivity contribution in [3.63, 3.8) is 0 Å². The Kier molecular flexibility index (Phi) is 4.44. The van der Waals surface area contributed by atoms with Crippen LogP contribution in [0, 0.1) is 0 Å².